The molecule has 1 aromatic carbocycles. The van der Waals surface area contributed by atoms with Gasteiger partial charge in [-0.2, -0.15) is 5.10 Å². The molecular formula is C24H18N8. The van der Waals surface area contributed by atoms with E-state index in [2.05, 4.69) is 44.2 Å². The van der Waals surface area contributed by atoms with Gasteiger partial charge in [-0.05, 0) is 37.3 Å². The Kier molecular flexibility index (Phi) is 3.97. The van der Waals surface area contributed by atoms with Crippen LogP contribution in [-0.4, -0.2) is 35.1 Å². The van der Waals surface area contributed by atoms with E-state index in [9.17, 15) is 0 Å². The van der Waals surface area contributed by atoms with E-state index in [1.54, 1.807) is 18.6 Å². The van der Waals surface area contributed by atoms with Crippen molar-refractivity contribution in [2.75, 3.05) is 5.73 Å². The highest BCUT2D eigenvalue weighted by atomic mass is 15.2. The zero-order chi connectivity index (χ0) is 21.7. The average Bonchev–Trinajstić information content (AvgIpc) is 3.42. The number of H-pyrrole nitrogens is 2. The van der Waals surface area contributed by atoms with Crippen LogP contribution in [0.5, 0.6) is 0 Å². The second kappa shape index (κ2) is 6.98. The Morgan fingerprint density at radius 1 is 0.844 bits per heavy atom. The van der Waals surface area contributed by atoms with Crippen molar-refractivity contribution < 1.29 is 0 Å². The van der Waals surface area contributed by atoms with Crippen LogP contribution >= 0.6 is 0 Å². The number of aromatic amines is 2. The molecule has 32 heavy (non-hydrogen) atoms. The molecule has 0 radical (unpaired) electrons. The van der Waals surface area contributed by atoms with Crippen LogP contribution in [0.3, 0.4) is 0 Å². The van der Waals surface area contributed by atoms with Crippen LogP contribution in [0.15, 0.2) is 67.1 Å². The fourth-order valence-corrected chi connectivity index (χ4v) is 3.87. The van der Waals surface area contributed by atoms with Crippen LogP contribution in [0.4, 0.5) is 5.69 Å². The molecule has 8 nitrogen and oxygen atoms in total. The SMILES string of the molecule is Cc1cccc(-c2nccc3[nH]c(-c4n[nH]c5ccc(-c6cncc(N)c6)nc45)nc23)c1. The van der Waals surface area contributed by atoms with Gasteiger partial charge in [0.15, 0.2) is 11.5 Å². The Morgan fingerprint density at radius 2 is 1.75 bits per heavy atom. The maximum Gasteiger partial charge on any atom is 0.161 e. The summed E-state index contributed by atoms with van der Waals surface area (Å²) in [5.41, 5.74) is 15.0. The molecule has 154 valence electrons. The van der Waals surface area contributed by atoms with Crippen LogP contribution in [-0.2, 0) is 0 Å². The Bertz CT molecular complexity index is 1610. The topological polar surface area (TPSA) is 122 Å². The maximum absolute atomic E-state index is 5.89. The average molecular weight is 418 g/mol. The maximum atomic E-state index is 5.89. The fraction of sp³-hybridized carbons (Fsp3) is 0.0417. The number of imidazole rings is 1. The number of pyridine rings is 3. The Labute approximate surface area is 182 Å². The van der Waals surface area contributed by atoms with Gasteiger partial charge in [-0.25, -0.2) is 9.97 Å². The van der Waals surface area contributed by atoms with E-state index in [4.69, 9.17) is 15.7 Å². The van der Waals surface area contributed by atoms with Crippen molar-refractivity contribution >= 4 is 27.8 Å². The second-order valence-electron chi connectivity index (χ2n) is 7.68. The van der Waals surface area contributed by atoms with E-state index in [0.29, 0.717) is 22.7 Å². The lowest BCUT2D eigenvalue weighted by atomic mass is 10.1. The third kappa shape index (κ3) is 2.97. The number of nitrogen functional groups attached to an aromatic ring is 1. The molecule has 0 unspecified atom stereocenters. The number of hydrogen-bond donors (Lipinski definition) is 3. The fourth-order valence-electron chi connectivity index (χ4n) is 3.87. The molecule has 0 amide bonds. The van der Waals surface area contributed by atoms with Crippen LogP contribution in [0.25, 0.3) is 56.1 Å². The molecule has 0 saturated heterocycles. The first-order valence-corrected chi connectivity index (χ1v) is 10.1. The standard InChI is InChI=1S/C24H18N8/c1-13-3-2-4-14(9-13)20-21-18(7-8-27-20)29-24(30-21)23-22-19(31-32-23)6-5-17(28-22)15-10-16(25)12-26-11-15/h2-12H,25H2,1H3,(H,29,30)(H,31,32). The number of nitrogens with two attached hydrogens (primary N) is 1. The first-order valence-electron chi connectivity index (χ1n) is 10.1. The van der Waals surface area contributed by atoms with Crippen LogP contribution in [0.2, 0.25) is 0 Å². The number of aryl methyl sites for hydroxylation is 1. The van der Waals surface area contributed by atoms with Crippen molar-refractivity contribution in [3.8, 4) is 34.0 Å². The van der Waals surface area contributed by atoms with Gasteiger partial charge in [0.2, 0.25) is 0 Å². The monoisotopic (exact) mass is 418 g/mol. The van der Waals surface area contributed by atoms with E-state index < -0.39 is 0 Å². The van der Waals surface area contributed by atoms with Gasteiger partial charge in [0.05, 0.1) is 28.1 Å². The number of nitrogens with one attached hydrogen (secondary N) is 2. The Morgan fingerprint density at radius 3 is 2.62 bits per heavy atom. The minimum atomic E-state index is 0.588. The highest BCUT2D eigenvalue weighted by Crippen LogP contribution is 2.31. The first kappa shape index (κ1) is 18.2. The first-order chi connectivity index (χ1) is 15.7. The summed E-state index contributed by atoms with van der Waals surface area (Å²) in [5.74, 6) is 0.628. The highest BCUT2D eigenvalue weighted by Gasteiger charge is 2.17. The number of fused-ring (bicyclic) bond motifs is 2. The molecule has 5 heterocycles. The zero-order valence-corrected chi connectivity index (χ0v) is 17.2. The predicted molar refractivity (Wildman–Crippen MR) is 125 cm³/mol. The summed E-state index contributed by atoms with van der Waals surface area (Å²) >= 11 is 0. The summed E-state index contributed by atoms with van der Waals surface area (Å²) in [4.78, 5) is 21.8. The van der Waals surface area contributed by atoms with Gasteiger partial charge in [0.25, 0.3) is 0 Å². The lowest BCUT2D eigenvalue weighted by molar-refractivity contribution is 1.10. The number of benzene rings is 1. The van der Waals surface area contributed by atoms with Gasteiger partial charge in [0.1, 0.15) is 11.0 Å². The summed E-state index contributed by atoms with van der Waals surface area (Å²) in [7, 11) is 0. The summed E-state index contributed by atoms with van der Waals surface area (Å²) in [6, 6.07) is 15.9. The van der Waals surface area contributed by atoms with E-state index >= 15 is 0 Å². The largest absolute Gasteiger partial charge is 0.397 e. The van der Waals surface area contributed by atoms with Gasteiger partial charge in [-0.3, -0.25) is 15.1 Å². The predicted octanol–water partition coefficient (Wildman–Crippen LogP) is 4.52. The third-order valence-corrected chi connectivity index (χ3v) is 5.38. The van der Waals surface area contributed by atoms with E-state index in [1.807, 2.05) is 36.4 Å². The molecule has 8 heteroatoms. The molecule has 6 aromatic rings. The minimum absolute atomic E-state index is 0.588. The third-order valence-electron chi connectivity index (χ3n) is 5.38. The number of rotatable bonds is 3. The molecule has 0 bridgehead atoms. The van der Waals surface area contributed by atoms with Gasteiger partial charge in [0, 0.05) is 29.7 Å². The highest BCUT2D eigenvalue weighted by molar-refractivity contribution is 5.95. The van der Waals surface area contributed by atoms with E-state index in [-0.39, 0.29) is 0 Å². The van der Waals surface area contributed by atoms with Gasteiger partial charge >= 0.3 is 0 Å². The van der Waals surface area contributed by atoms with Crippen LogP contribution < -0.4 is 5.73 Å². The van der Waals surface area contributed by atoms with E-state index in [0.717, 1.165) is 39.1 Å². The van der Waals surface area contributed by atoms with Crippen LogP contribution in [0.1, 0.15) is 5.56 Å². The Hall–Kier alpha value is -4.59. The smallest absolute Gasteiger partial charge is 0.161 e. The van der Waals surface area contributed by atoms with Crippen molar-refractivity contribution in [2.45, 2.75) is 6.92 Å². The molecule has 6 rings (SSSR count). The molecule has 0 aliphatic carbocycles. The summed E-state index contributed by atoms with van der Waals surface area (Å²) in [6.45, 7) is 2.06. The molecule has 0 spiro atoms. The number of anilines is 1. The van der Waals surface area contributed by atoms with Crippen LogP contribution in [0, 0.1) is 6.92 Å². The quantitative estimate of drug-likeness (QED) is 0.388. The normalized spacial score (nSPS) is 11.4. The molecule has 0 fully saturated rings. The number of hydrogen-bond acceptors (Lipinski definition) is 6. The Balaban J connectivity index is 1.51. The minimum Gasteiger partial charge on any atom is -0.397 e. The van der Waals surface area contributed by atoms with E-state index in [1.165, 1.54) is 5.56 Å². The molecule has 5 aromatic heterocycles. The summed E-state index contributed by atoms with van der Waals surface area (Å²) < 4.78 is 0. The lowest BCUT2D eigenvalue weighted by Gasteiger charge is -2.02. The molecule has 0 aliphatic heterocycles. The van der Waals surface area contributed by atoms with Gasteiger partial charge in [-0.15, -0.1) is 0 Å². The zero-order valence-electron chi connectivity index (χ0n) is 17.2. The van der Waals surface area contributed by atoms with Gasteiger partial charge in [-0.1, -0.05) is 23.8 Å². The second-order valence-corrected chi connectivity index (χ2v) is 7.68. The molecular weight excluding hydrogens is 400 g/mol. The van der Waals surface area contributed by atoms with Crippen molar-refractivity contribution in [1.82, 2.24) is 35.1 Å². The van der Waals surface area contributed by atoms with Gasteiger partial charge < -0.3 is 10.7 Å². The molecule has 0 saturated carbocycles. The van der Waals surface area contributed by atoms with Crippen molar-refractivity contribution in [3.05, 3.63) is 72.7 Å². The summed E-state index contributed by atoms with van der Waals surface area (Å²) in [6.07, 6.45) is 5.14. The lowest BCUT2D eigenvalue weighted by Crippen LogP contribution is -1.90. The summed E-state index contributed by atoms with van der Waals surface area (Å²) in [5, 5.41) is 7.53. The van der Waals surface area contributed by atoms with Crippen molar-refractivity contribution in [1.29, 1.82) is 0 Å². The molecule has 0 aliphatic rings. The number of aromatic nitrogens is 7. The number of nitrogens with zero attached hydrogens (tertiary/aromatic N) is 5. The molecule has 0 atom stereocenters. The van der Waals surface area contributed by atoms with Crippen molar-refractivity contribution in [3.63, 3.8) is 0 Å². The molecule has 4 N–H and O–H groups in total. The van der Waals surface area contributed by atoms with Crippen molar-refractivity contribution in [2.24, 2.45) is 0 Å².